The van der Waals surface area contributed by atoms with Gasteiger partial charge in [0.15, 0.2) is 0 Å². The Balaban J connectivity index is 1.42. The molecule has 0 fully saturated rings. The fourth-order valence-corrected chi connectivity index (χ4v) is 6.20. The molecule has 2 heterocycles. The molecular formula is C44H48N8O8. The van der Waals surface area contributed by atoms with Gasteiger partial charge in [0.2, 0.25) is 11.8 Å². The predicted octanol–water partition coefficient (Wildman–Crippen LogP) is 3.47. The van der Waals surface area contributed by atoms with Crippen LogP contribution in [0.25, 0.3) is 10.9 Å². The number of hydrogen-bond acceptors (Lipinski definition) is 12. The highest BCUT2D eigenvalue weighted by atomic mass is 16.5. The summed E-state index contributed by atoms with van der Waals surface area (Å²) in [5.74, 6) is -4.09. The van der Waals surface area contributed by atoms with Gasteiger partial charge in [-0.05, 0) is 47.7 Å². The molecule has 0 spiro atoms. The van der Waals surface area contributed by atoms with E-state index in [0.29, 0.717) is 5.52 Å². The normalized spacial score (nSPS) is 13.0. The summed E-state index contributed by atoms with van der Waals surface area (Å²) in [4.78, 5) is 88.1. The number of ether oxygens (including phenoxy) is 2. The minimum absolute atomic E-state index is 0.00738. The quantitative estimate of drug-likeness (QED) is 0.0634. The lowest BCUT2D eigenvalue weighted by atomic mass is 9.99. The number of alkyl carbamates (subject to hydrolysis) is 1. The Bertz CT molecular complexity index is 2240. The number of pyridine rings is 2. The maximum atomic E-state index is 13.9. The number of esters is 1. The molecule has 5 rings (SSSR count). The Morgan fingerprint density at radius 1 is 0.750 bits per heavy atom. The Morgan fingerprint density at radius 3 is 2.08 bits per heavy atom. The number of nitrogens with one attached hydrogen (secondary N) is 4. The van der Waals surface area contributed by atoms with Crippen LogP contribution in [0.3, 0.4) is 0 Å². The van der Waals surface area contributed by atoms with Crippen molar-refractivity contribution in [2.24, 2.45) is 11.7 Å². The number of benzene rings is 3. The number of hydrazine groups is 1. The van der Waals surface area contributed by atoms with Crippen molar-refractivity contribution in [1.82, 2.24) is 36.4 Å². The van der Waals surface area contributed by atoms with Crippen LogP contribution >= 0.6 is 0 Å². The van der Waals surface area contributed by atoms with Gasteiger partial charge in [-0.3, -0.25) is 29.9 Å². The molecule has 5 aromatic rings. The van der Waals surface area contributed by atoms with Crippen molar-refractivity contribution < 1.29 is 38.2 Å². The smallest absolute Gasteiger partial charge is 0.407 e. The van der Waals surface area contributed by atoms with Crippen LogP contribution in [0.15, 0.2) is 121 Å². The van der Waals surface area contributed by atoms with Gasteiger partial charge in [0, 0.05) is 18.1 Å². The van der Waals surface area contributed by atoms with Crippen molar-refractivity contribution in [3.63, 3.8) is 0 Å². The maximum absolute atomic E-state index is 13.9. The number of para-hydroxylation sites is 1. The zero-order valence-electron chi connectivity index (χ0n) is 33.4. The van der Waals surface area contributed by atoms with Crippen molar-refractivity contribution in [1.29, 1.82) is 0 Å². The highest BCUT2D eigenvalue weighted by Gasteiger charge is 2.34. The lowest BCUT2D eigenvalue weighted by Crippen LogP contribution is -2.59. The lowest BCUT2D eigenvalue weighted by Gasteiger charge is -2.34. The van der Waals surface area contributed by atoms with E-state index in [2.05, 4.69) is 31.3 Å². The number of imide groups is 1. The average molecular weight is 817 g/mol. The lowest BCUT2D eigenvalue weighted by molar-refractivity contribution is -0.131. The third-order valence-electron chi connectivity index (χ3n) is 9.33. The molecule has 60 heavy (non-hydrogen) atoms. The van der Waals surface area contributed by atoms with E-state index in [1.807, 2.05) is 72.8 Å². The van der Waals surface area contributed by atoms with Gasteiger partial charge in [-0.2, -0.15) is 0 Å². The zero-order chi connectivity index (χ0) is 43.0. The summed E-state index contributed by atoms with van der Waals surface area (Å²) < 4.78 is 10.9. The monoisotopic (exact) mass is 816 g/mol. The molecular weight excluding hydrogens is 769 g/mol. The molecule has 16 nitrogen and oxygen atoms in total. The minimum atomic E-state index is -1.44. The number of carbonyl (C=O) groups excluding carboxylic acids is 6. The van der Waals surface area contributed by atoms with Crippen molar-refractivity contribution in [2.45, 2.75) is 57.5 Å². The first-order valence-corrected chi connectivity index (χ1v) is 19.3. The van der Waals surface area contributed by atoms with Crippen molar-refractivity contribution in [3.8, 4) is 0 Å². The van der Waals surface area contributed by atoms with E-state index in [0.717, 1.165) is 16.5 Å². The first kappa shape index (κ1) is 44.1. The van der Waals surface area contributed by atoms with Crippen LogP contribution in [0, 0.1) is 5.92 Å². The number of amides is 5. The summed E-state index contributed by atoms with van der Waals surface area (Å²) in [6.07, 6.45) is -1.01. The topological polar surface area (TPSA) is 224 Å². The van der Waals surface area contributed by atoms with Gasteiger partial charge >= 0.3 is 12.1 Å². The fraction of sp³-hybridized carbons (Fsp3) is 0.273. The Morgan fingerprint density at radius 2 is 1.42 bits per heavy atom. The predicted molar refractivity (Wildman–Crippen MR) is 221 cm³/mol. The molecule has 2 aromatic heterocycles. The van der Waals surface area contributed by atoms with E-state index in [4.69, 9.17) is 15.2 Å². The van der Waals surface area contributed by atoms with Gasteiger partial charge in [-0.25, -0.2) is 24.6 Å². The van der Waals surface area contributed by atoms with Crippen LogP contribution in [0.1, 0.15) is 52.4 Å². The molecule has 0 aliphatic rings. The number of hydrogen-bond donors (Lipinski definition) is 5. The average Bonchev–Trinajstić information content (AvgIpc) is 3.25. The molecule has 0 saturated carbocycles. The van der Waals surface area contributed by atoms with Crippen LogP contribution in [-0.2, 0) is 36.8 Å². The number of methoxy groups -OCH3 is 1. The van der Waals surface area contributed by atoms with E-state index in [1.54, 1.807) is 44.2 Å². The number of fused-ring (bicyclic) bond motifs is 1. The van der Waals surface area contributed by atoms with Crippen LogP contribution in [0.4, 0.5) is 4.79 Å². The second-order valence-corrected chi connectivity index (χ2v) is 14.2. The van der Waals surface area contributed by atoms with Crippen molar-refractivity contribution >= 4 is 46.6 Å². The zero-order valence-corrected chi connectivity index (χ0v) is 33.4. The largest absolute Gasteiger partial charge is 0.454 e. The Hall–Kier alpha value is -7.04. The first-order valence-electron chi connectivity index (χ1n) is 19.3. The maximum Gasteiger partial charge on any atom is 0.407 e. The minimum Gasteiger partial charge on any atom is -0.454 e. The molecule has 0 radical (unpaired) electrons. The van der Waals surface area contributed by atoms with Gasteiger partial charge in [-0.1, -0.05) is 105 Å². The summed E-state index contributed by atoms with van der Waals surface area (Å²) in [5.41, 5.74) is 11.3. The molecule has 4 unspecified atom stereocenters. The fourth-order valence-electron chi connectivity index (χ4n) is 6.20. The molecule has 16 heteroatoms. The number of aromatic nitrogens is 2. The van der Waals surface area contributed by atoms with E-state index >= 15 is 0 Å². The number of carbonyl (C=O) groups is 6. The molecule has 0 saturated heterocycles. The van der Waals surface area contributed by atoms with Crippen LogP contribution in [0.2, 0.25) is 0 Å². The second kappa shape index (κ2) is 21.6. The molecule has 4 atom stereocenters. The third-order valence-corrected chi connectivity index (χ3v) is 9.33. The second-order valence-electron chi connectivity index (χ2n) is 14.2. The summed E-state index contributed by atoms with van der Waals surface area (Å²) in [6, 6.07) is 29.9. The van der Waals surface area contributed by atoms with Gasteiger partial charge < -0.3 is 25.8 Å². The van der Waals surface area contributed by atoms with E-state index < -0.39 is 66.3 Å². The summed E-state index contributed by atoms with van der Waals surface area (Å²) in [5, 5.41) is 10.0. The van der Waals surface area contributed by atoms with Crippen LogP contribution < -0.4 is 27.1 Å². The van der Waals surface area contributed by atoms with Crippen molar-refractivity contribution in [3.05, 3.63) is 144 Å². The summed E-state index contributed by atoms with van der Waals surface area (Å²) >= 11 is 0. The number of nitrogens with two attached hydrogens (primary N) is 1. The standard InChI is InChI=1S/C44H48N8O8/c1-28(2)39(50-44(58)59-3)42(56)51-52(26-30-16-8-5-9-17-30)27-37(60-43(57)35-20-12-13-23-46-35)36(24-29-14-6-4-7-15-29)48-40(54)32(45)25-38(53)49-41(55)34-22-21-31-18-10-11-19-33(31)47-34/h4-23,28,32,36-37,39H,24-27,45H2,1-3H3,(H,48,54)(H,50,58)(H,51,56)(H,49,53,55). The molecule has 312 valence electrons. The summed E-state index contributed by atoms with van der Waals surface area (Å²) in [6.45, 7) is 3.43. The SMILES string of the molecule is COC(=O)NC(C(=O)NN(Cc1ccccc1)CC(OC(=O)c1ccccn1)C(Cc1ccccc1)NC(=O)C(N)CC(=O)NC(=O)c1ccc2ccccc2n1)C(C)C. The molecule has 0 aliphatic heterocycles. The van der Waals surface area contributed by atoms with Gasteiger partial charge in [0.05, 0.1) is 37.7 Å². The molecule has 0 bridgehead atoms. The highest BCUT2D eigenvalue weighted by Crippen LogP contribution is 2.16. The third kappa shape index (κ3) is 13.0. The van der Waals surface area contributed by atoms with Crippen LogP contribution in [-0.4, -0.2) is 88.6 Å². The number of rotatable bonds is 18. The summed E-state index contributed by atoms with van der Waals surface area (Å²) in [7, 11) is 1.19. The van der Waals surface area contributed by atoms with Crippen LogP contribution in [0.5, 0.6) is 0 Å². The van der Waals surface area contributed by atoms with Gasteiger partial charge in [0.25, 0.3) is 11.8 Å². The molecule has 6 N–H and O–H groups in total. The molecule has 0 aliphatic carbocycles. The van der Waals surface area contributed by atoms with Gasteiger partial charge in [-0.15, -0.1) is 0 Å². The Kier molecular flexibility index (Phi) is 15.9. The van der Waals surface area contributed by atoms with E-state index in [1.165, 1.54) is 30.4 Å². The van der Waals surface area contributed by atoms with Gasteiger partial charge in [0.1, 0.15) is 23.5 Å². The highest BCUT2D eigenvalue weighted by molar-refractivity contribution is 6.05. The van der Waals surface area contributed by atoms with E-state index in [9.17, 15) is 28.8 Å². The Labute approximate surface area is 347 Å². The van der Waals surface area contributed by atoms with Crippen molar-refractivity contribution in [2.75, 3.05) is 13.7 Å². The first-order chi connectivity index (χ1) is 28.9. The van der Waals surface area contributed by atoms with E-state index in [-0.39, 0.29) is 36.8 Å². The molecule has 3 aromatic carbocycles. The number of nitrogens with zero attached hydrogens (tertiary/aromatic N) is 3. The molecule has 5 amide bonds.